The van der Waals surface area contributed by atoms with Gasteiger partial charge in [-0.3, -0.25) is 4.79 Å². The summed E-state index contributed by atoms with van der Waals surface area (Å²) in [5.74, 6) is 0.597. The number of benzene rings is 2. The van der Waals surface area contributed by atoms with Crippen LogP contribution in [-0.4, -0.2) is 45.6 Å². The van der Waals surface area contributed by atoms with E-state index in [2.05, 4.69) is 15.5 Å². The monoisotopic (exact) mass is 467 g/mol. The van der Waals surface area contributed by atoms with Crippen LogP contribution >= 0.6 is 0 Å². The molecular weight excluding hydrogens is 441 g/mol. The number of aromatic nitrogens is 2. The van der Waals surface area contributed by atoms with Crippen molar-refractivity contribution in [1.29, 1.82) is 0 Å². The van der Waals surface area contributed by atoms with E-state index >= 15 is 0 Å². The fourth-order valence-corrected chi connectivity index (χ4v) is 3.56. The molecule has 4 rings (SSSR count). The number of nitrogens with one attached hydrogen (secondary N) is 1. The lowest BCUT2D eigenvalue weighted by molar-refractivity contribution is 0.0518. The van der Waals surface area contributed by atoms with Crippen molar-refractivity contribution in [2.75, 3.05) is 18.5 Å². The van der Waals surface area contributed by atoms with Gasteiger partial charge in [0.25, 0.3) is 5.91 Å². The van der Waals surface area contributed by atoms with Crippen LogP contribution in [0.1, 0.15) is 45.8 Å². The average Bonchev–Trinajstić information content (AvgIpc) is 3.65. The van der Waals surface area contributed by atoms with Gasteiger partial charge in [-0.05, 0) is 79.6 Å². The predicted molar refractivity (Wildman–Crippen MR) is 123 cm³/mol. The lowest BCUT2D eigenvalue weighted by atomic mass is 10.00. The van der Waals surface area contributed by atoms with Gasteiger partial charge in [-0.1, -0.05) is 0 Å². The number of anilines is 1. The first-order chi connectivity index (χ1) is 16.3. The highest BCUT2D eigenvalue weighted by atomic mass is 19.1. The fourth-order valence-electron chi connectivity index (χ4n) is 3.56. The summed E-state index contributed by atoms with van der Waals surface area (Å²) in [4.78, 5) is 13.2. The zero-order valence-corrected chi connectivity index (χ0v) is 18.9. The Morgan fingerprint density at radius 3 is 2.68 bits per heavy atom. The molecule has 1 saturated carbocycles. The van der Waals surface area contributed by atoms with Gasteiger partial charge >= 0.3 is 0 Å². The Bertz CT molecular complexity index is 1200. The van der Waals surface area contributed by atoms with Gasteiger partial charge in [-0.15, -0.1) is 5.10 Å². The van der Waals surface area contributed by atoms with Crippen LogP contribution in [0.15, 0.2) is 42.6 Å². The normalized spacial score (nSPS) is 13.9. The highest BCUT2D eigenvalue weighted by Gasteiger charge is 2.28. The van der Waals surface area contributed by atoms with E-state index < -0.39 is 18.6 Å². The number of hydrogen-bond acceptors (Lipinski definition) is 7. The van der Waals surface area contributed by atoms with E-state index in [4.69, 9.17) is 14.6 Å². The average molecular weight is 467 g/mol. The number of carbonyl (C=O) groups is 1. The summed E-state index contributed by atoms with van der Waals surface area (Å²) in [5.41, 5.74) is 3.40. The quantitative estimate of drug-likeness (QED) is 0.438. The second-order valence-electron chi connectivity index (χ2n) is 8.38. The molecule has 178 valence electrons. The molecule has 0 bridgehead atoms. The number of rotatable bonds is 9. The van der Waals surface area contributed by atoms with E-state index in [0.717, 1.165) is 24.0 Å². The first-order valence-electron chi connectivity index (χ1n) is 11.0. The Hall–Kier alpha value is -3.56. The summed E-state index contributed by atoms with van der Waals surface area (Å²) in [6, 6.07) is 9.38. The van der Waals surface area contributed by atoms with Crippen LogP contribution in [0.4, 0.5) is 10.1 Å². The van der Waals surface area contributed by atoms with Gasteiger partial charge in [0.15, 0.2) is 0 Å². The summed E-state index contributed by atoms with van der Waals surface area (Å²) in [6.45, 7) is 3.09. The number of hydrogen-bond donors (Lipinski definition) is 3. The van der Waals surface area contributed by atoms with Crippen molar-refractivity contribution in [3.63, 3.8) is 0 Å². The summed E-state index contributed by atoms with van der Waals surface area (Å²) in [6.07, 6.45) is 2.50. The lowest BCUT2D eigenvalue weighted by Gasteiger charge is -2.16. The summed E-state index contributed by atoms with van der Waals surface area (Å²) in [7, 11) is 0. The first kappa shape index (κ1) is 23.6. The molecule has 0 saturated heterocycles. The lowest BCUT2D eigenvalue weighted by Crippen LogP contribution is -2.21. The second-order valence-corrected chi connectivity index (χ2v) is 8.38. The van der Waals surface area contributed by atoms with Crippen LogP contribution in [0.3, 0.4) is 0 Å². The van der Waals surface area contributed by atoms with Crippen LogP contribution < -0.4 is 14.8 Å². The molecule has 8 nitrogen and oxygen atoms in total. The minimum absolute atomic E-state index is 0.0870. The first-order valence-corrected chi connectivity index (χ1v) is 11.0. The van der Waals surface area contributed by atoms with Crippen molar-refractivity contribution in [3.05, 3.63) is 70.7 Å². The van der Waals surface area contributed by atoms with E-state index in [-0.39, 0.29) is 18.3 Å². The minimum Gasteiger partial charge on any atom is -0.474 e. The number of halogens is 1. The largest absolute Gasteiger partial charge is 0.474 e. The molecule has 1 aromatic heterocycles. The molecule has 0 spiro atoms. The maximum absolute atomic E-state index is 13.6. The molecule has 1 unspecified atom stereocenters. The fraction of sp³-hybridized carbons (Fsp3) is 0.320. The molecule has 3 N–H and O–H groups in total. The van der Waals surface area contributed by atoms with Crippen molar-refractivity contribution >= 4 is 11.6 Å². The van der Waals surface area contributed by atoms with E-state index in [9.17, 15) is 14.3 Å². The van der Waals surface area contributed by atoms with E-state index in [1.807, 2.05) is 13.0 Å². The number of ether oxygens (including phenoxy) is 2. The Morgan fingerprint density at radius 1 is 1.18 bits per heavy atom. The SMILES string of the molecule is Cc1cc(F)ccc1Oc1cc(C2CC2)c(C)cc1C(=O)Nc1cnnc(OCC(O)CO)c1. The van der Waals surface area contributed by atoms with Crippen LogP contribution in [-0.2, 0) is 0 Å². The van der Waals surface area contributed by atoms with Crippen molar-refractivity contribution in [1.82, 2.24) is 10.2 Å². The van der Waals surface area contributed by atoms with Gasteiger partial charge in [0.1, 0.15) is 30.0 Å². The van der Waals surface area contributed by atoms with Crippen molar-refractivity contribution < 1.29 is 28.9 Å². The molecule has 3 aromatic rings. The van der Waals surface area contributed by atoms with Gasteiger partial charge in [0, 0.05) is 6.07 Å². The van der Waals surface area contributed by atoms with Gasteiger partial charge < -0.3 is 25.0 Å². The molecule has 34 heavy (non-hydrogen) atoms. The predicted octanol–water partition coefficient (Wildman–Crippen LogP) is 3.89. The van der Waals surface area contributed by atoms with Crippen molar-refractivity contribution in [3.8, 4) is 17.4 Å². The Labute approximate surface area is 196 Å². The minimum atomic E-state index is -1.05. The number of amides is 1. The number of aliphatic hydroxyl groups is 2. The maximum atomic E-state index is 13.6. The third-order valence-electron chi connectivity index (χ3n) is 5.51. The highest BCUT2D eigenvalue weighted by molar-refractivity contribution is 6.06. The van der Waals surface area contributed by atoms with Crippen LogP contribution in [0.25, 0.3) is 0 Å². The Kier molecular flexibility index (Phi) is 7.04. The van der Waals surface area contributed by atoms with E-state index in [0.29, 0.717) is 34.2 Å². The van der Waals surface area contributed by atoms with Crippen LogP contribution in [0.5, 0.6) is 17.4 Å². The number of carbonyl (C=O) groups excluding carboxylic acids is 1. The topological polar surface area (TPSA) is 114 Å². The third-order valence-corrected chi connectivity index (χ3v) is 5.51. The highest BCUT2D eigenvalue weighted by Crippen LogP contribution is 2.44. The zero-order valence-electron chi connectivity index (χ0n) is 18.9. The molecule has 9 heteroatoms. The molecule has 0 aliphatic heterocycles. The molecule has 2 aromatic carbocycles. The smallest absolute Gasteiger partial charge is 0.259 e. The number of aryl methyl sites for hydroxylation is 2. The molecule has 0 radical (unpaired) electrons. The van der Waals surface area contributed by atoms with Gasteiger partial charge in [-0.25, -0.2) is 4.39 Å². The van der Waals surface area contributed by atoms with E-state index in [1.165, 1.54) is 24.4 Å². The van der Waals surface area contributed by atoms with Crippen molar-refractivity contribution in [2.24, 2.45) is 0 Å². The van der Waals surface area contributed by atoms with Gasteiger partial charge in [-0.2, -0.15) is 5.10 Å². The van der Waals surface area contributed by atoms with Crippen LogP contribution in [0.2, 0.25) is 0 Å². The maximum Gasteiger partial charge on any atom is 0.259 e. The Morgan fingerprint density at radius 2 is 1.97 bits per heavy atom. The summed E-state index contributed by atoms with van der Waals surface area (Å²) < 4.78 is 24.9. The zero-order chi connectivity index (χ0) is 24.2. The van der Waals surface area contributed by atoms with Gasteiger partial charge in [0.2, 0.25) is 5.88 Å². The van der Waals surface area contributed by atoms with E-state index in [1.54, 1.807) is 19.1 Å². The standard InChI is InChI=1S/C25H26FN3O5/c1-14-8-21(25(32)28-18-9-24(29-27-11-18)33-13-19(31)12-30)23(10-20(14)16-3-4-16)34-22-6-5-17(26)7-15(22)2/h5-11,16,19,30-31H,3-4,12-13H2,1-2H3,(H,28,29,32). The molecule has 1 heterocycles. The molecule has 1 atom stereocenters. The molecule has 1 amide bonds. The second kappa shape index (κ2) is 10.1. The molecule has 1 aliphatic carbocycles. The number of aliphatic hydroxyl groups excluding tert-OH is 2. The molecule has 1 aliphatic rings. The summed E-state index contributed by atoms with van der Waals surface area (Å²) in [5, 5.41) is 28.7. The third kappa shape index (κ3) is 5.67. The van der Waals surface area contributed by atoms with Gasteiger partial charge in [0.05, 0.1) is 24.1 Å². The Balaban J connectivity index is 1.60. The number of nitrogens with zero attached hydrogens (tertiary/aromatic N) is 2. The molecule has 1 fully saturated rings. The summed E-state index contributed by atoms with van der Waals surface area (Å²) >= 11 is 0. The molecular formula is C25H26FN3O5. The van der Waals surface area contributed by atoms with Crippen LogP contribution in [0, 0.1) is 19.7 Å². The van der Waals surface area contributed by atoms with Crippen molar-refractivity contribution in [2.45, 2.75) is 38.7 Å².